The molecule has 1 fully saturated rings. The average molecular weight is 427 g/mol. The fourth-order valence-electron chi connectivity index (χ4n) is 4.23. The predicted octanol–water partition coefficient (Wildman–Crippen LogP) is 5.28. The van der Waals surface area contributed by atoms with Crippen molar-refractivity contribution in [2.75, 3.05) is 56.6 Å². The molecule has 0 aliphatic carbocycles. The Morgan fingerprint density at radius 1 is 0.900 bits per heavy atom. The molecule has 2 aromatic rings. The van der Waals surface area contributed by atoms with Crippen molar-refractivity contribution >= 4 is 17.4 Å². The van der Waals surface area contributed by atoms with Crippen LogP contribution in [0.1, 0.15) is 38.2 Å². The number of nitrogens with zero attached hydrogens (tertiary/aromatic N) is 2. The molecule has 0 amide bonds. The maximum Gasteiger partial charge on any atom is 0.184 e. The number of fused-ring (bicyclic) bond motifs is 1. The number of unbranched alkanes of at least 4 members (excludes halogenated alkanes) is 1. The van der Waals surface area contributed by atoms with Crippen LogP contribution in [0.3, 0.4) is 0 Å². The van der Waals surface area contributed by atoms with Crippen LogP contribution in [0.4, 0.5) is 5.69 Å². The van der Waals surface area contributed by atoms with Crippen molar-refractivity contribution in [3.63, 3.8) is 0 Å². The lowest BCUT2D eigenvalue weighted by molar-refractivity contribution is 0.171. The normalized spacial score (nSPS) is 16.8. The molecule has 2 aromatic carbocycles. The molecule has 0 unspecified atom stereocenters. The third-order valence-electron chi connectivity index (χ3n) is 5.93. The van der Waals surface area contributed by atoms with Crippen LogP contribution in [0.5, 0.6) is 11.5 Å². The molecule has 0 spiro atoms. The van der Waals surface area contributed by atoms with E-state index in [1.165, 1.54) is 41.3 Å². The van der Waals surface area contributed by atoms with Gasteiger partial charge in [0.2, 0.25) is 0 Å². The van der Waals surface area contributed by atoms with Crippen molar-refractivity contribution in [3.05, 3.63) is 48.0 Å². The van der Waals surface area contributed by atoms with Crippen LogP contribution in [0.15, 0.2) is 47.4 Å². The standard InChI is InChI=1S/C25H34N2O2S/c1-20(2)21-8-3-4-11-24(21)30-19-6-5-12-26-13-15-27(16-14-26)22-9-7-10-23-25(22)29-18-17-28-23/h3-4,7-11,20H,5-6,12-19H2,1-2H3. The van der Waals surface area contributed by atoms with Gasteiger partial charge in [0.15, 0.2) is 11.5 Å². The lowest BCUT2D eigenvalue weighted by Crippen LogP contribution is -2.46. The number of ether oxygens (including phenoxy) is 2. The Morgan fingerprint density at radius 2 is 1.70 bits per heavy atom. The molecule has 5 heteroatoms. The topological polar surface area (TPSA) is 24.9 Å². The summed E-state index contributed by atoms with van der Waals surface area (Å²) in [5.41, 5.74) is 2.67. The molecule has 2 aliphatic heterocycles. The van der Waals surface area contributed by atoms with Crippen molar-refractivity contribution in [2.45, 2.75) is 37.5 Å². The second kappa shape index (κ2) is 10.5. The number of hydrogen-bond acceptors (Lipinski definition) is 5. The van der Waals surface area contributed by atoms with Gasteiger partial charge in [-0.15, -0.1) is 11.8 Å². The van der Waals surface area contributed by atoms with E-state index in [0.717, 1.165) is 37.7 Å². The van der Waals surface area contributed by atoms with Gasteiger partial charge < -0.3 is 14.4 Å². The third kappa shape index (κ3) is 5.25. The van der Waals surface area contributed by atoms with Crippen LogP contribution in [-0.4, -0.2) is 56.6 Å². The predicted molar refractivity (Wildman–Crippen MR) is 127 cm³/mol. The summed E-state index contributed by atoms with van der Waals surface area (Å²) < 4.78 is 11.6. The van der Waals surface area contributed by atoms with E-state index < -0.39 is 0 Å². The quantitative estimate of drug-likeness (QED) is 0.423. The first-order valence-electron chi connectivity index (χ1n) is 11.3. The minimum absolute atomic E-state index is 0.595. The zero-order valence-corrected chi connectivity index (χ0v) is 19.1. The monoisotopic (exact) mass is 426 g/mol. The molecule has 0 saturated carbocycles. The van der Waals surface area contributed by atoms with Crippen LogP contribution in [0.25, 0.3) is 0 Å². The number of piperazine rings is 1. The molecule has 0 bridgehead atoms. The van der Waals surface area contributed by atoms with Gasteiger partial charge in [-0.05, 0) is 54.8 Å². The summed E-state index contributed by atoms with van der Waals surface area (Å²) in [7, 11) is 0. The molecule has 162 valence electrons. The van der Waals surface area contributed by atoms with Crippen molar-refractivity contribution in [3.8, 4) is 11.5 Å². The molecule has 30 heavy (non-hydrogen) atoms. The summed E-state index contributed by atoms with van der Waals surface area (Å²) in [6.45, 7) is 11.4. The molecule has 4 nitrogen and oxygen atoms in total. The molecule has 1 saturated heterocycles. The molecule has 0 atom stereocenters. The Labute approximate surface area is 185 Å². The van der Waals surface area contributed by atoms with E-state index in [0.29, 0.717) is 19.1 Å². The van der Waals surface area contributed by atoms with Crippen LogP contribution in [0, 0.1) is 0 Å². The average Bonchev–Trinajstić information content (AvgIpc) is 2.79. The van der Waals surface area contributed by atoms with Gasteiger partial charge in [-0.1, -0.05) is 38.1 Å². The first-order chi connectivity index (χ1) is 14.7. The fraction of sp³-hybridized carbons (Fsp3) is 0.520. The lowest BCUT2D eigenvalue weighted by Gasteiger charge is -2.37. The third-order valence-corrected chi connectivity index (χ3v) is 7.10. The zero-order valence-electron chi connectivity index (χ0n) is 18.3. The van der Waals surface area contributed by atoms with Gasteiger partial charge in [0.25, 0.3) is 0 Å². The molecular weight excluding hydrogens is 392 g/mol. The molecule has 2 heterocycles. The molecular formula is C25H34N2O2S. The first-order valence-corrected chi connectivity index (χ1v) is 12.3. The highest BCUT2D eigenvalue weighted by atomic mass is 32.2. The summed E-state index contributed by atoms with van der Waals surface area (Å²) in [4.78, 5) is 6.51. The van der Waals surface area contributed by atoms with Crippen LogP contribution >= 0.6 is 11.8 Å². The number of anilines is 1. The second-order valence-electron chi connectivity index (χ2n) is 8.38. The Morgan fingerprint density at radius 3 is 2.53 bits per heavy atom. The Kier molecular flexibility index (Phi) is 7.45. The zero-order chi connectivity index (χ0) is 20.8. The van der Waals surface area contributed by atoms with Crippen molar-refractivity contribution < 1.29 is 9.47 Å². The SMILES string of the molecule is CC(C)c1ccccc1SCCCCN1CCN(c2cccc3c2OCCO3)CC1. The van der Waals surface area contributed by atoms with Crippen molar-refractivity contribution in [1.29, 1.82) is 0 Å². The fourth-order valence-corrected chi connectivity index (χ4v) is 5.44. The smallest absolute Gasteiger partial charge is 0.184 e. The maximum atomic E-state index is 5.90. The maximum absolute atomic E-state index is 5.90. The van der Waals surface area contributed by atoms with Gasteiger partial charge in [-0.2, -0.15) is 0 Å². The largest absolute Gasteiger partial charge is 0.486 e. The van der Waals surface area contributed by atoms with E-state index in [4.69, 9.17) is 9.47 Å². The van der Waals surface area contributed by atoms with E-state index in [1.807, 2.05) is 17.8 Å². The summed E-state index contributed by atoms with van der Waals surface area (Å²) >= 11 is 2.02. The molecule has 0 aromatic heterocycles. The van der Waals surface area contributed by atoms with Gasteiger partial charge in [0, 0.05) is 31.1 Å². The van der Waals surface area contributed by atoms with Crippen LogP contribution in [-0.2, 0) is 0 Å². The van der Waals surface area contributed by atoms with Gasteiger partial charge >= 0.3 is 0 Å². The minimum Gasteiger partial charge on any atom is -0.486 e. The summed E-state index contributed by atoms with van der Waals surface area (Å²) in [6, 6.07) is 15.1. The molecule has 2 aliphatic rings. The van der Waals surface area contributed by atoms with Gasteiger partial charge in [-0.25, -0.2) is 0 Å². The number of hydrogen-bond donors (Lipinski definition) is 0. The van der Waals surface area contributed by atoms with E-state index in [1.54, 1.807) is 0 Å². The molecule has 0 N–H and O–H groups in total. The summed E-state index contributed by atoms with van der Waals surface area (Å²) in [5.74, 6) is 3.61. The Hall–Kier alpha value is -1.85. The summed E-state index contributed by atoms with van der Waals surface area (Å²) in [5, 5.41) is 0. The van der Waals surface area contributed by atoms with E-state index in [9.17, 15) is 0 Å². The van der Waals surface area contributed by atoms with E-state index >= 15 is 0 Å². The highest BCUT2D eigenvalue weighted by molar-refractivity contribution is 7.99. The van der Waals surface area contributed by atoms with E-state index in [2.05, 4.69) is 60.0 Å². The highest BCUT2D eigenvalue weighted by Gasteiger charge is 2.23. The van der Waals surface area contributed by atoms with Crippen molar-refractivity contribution in [1.82, 2.24) is 4.90 Å². The van der Waals surface area contributed by atoms with Crippen LogP contribution < -0.4 is 14.4 Å². The van der Waals surface area contributed by atoms with Crippen LogP contribution in [0.2, 0.25) is 0 Å². The number of para-hydroxylation sites is 1. The minimum atomic E-state index is 0.595. The second-order valence-corrected chi connectivity index (χ2v) is 9.51. The lowest BCUT2D eigenvalue weighted by atomic mass is 10.0. The van der Waals surface area contributed by atoms with E-state index in [-0.39, 0.29) is 0 Å². The van der Waals surface area contributed by atoms with Gasteiger partial charge in [-0.3, -0.25) is 4.90 Å². The number of rotatable bonds is 8. The van der Waals surface area contributed by atoms with Crippen molar-refractivity contribution in [2.24, 2.45) is 0 Å². The Balaban J connectivity index is 1.18. The first kappa shape index (κ1) is 21.4. The summed E-state index contributed by atoms with van der Waals surface area (Å²) in [6.07, 6.45) is 2.54. The highest BCUT2D eigenvalue weighted by Crippen LogP contribution is 2.39. The molecule has 4 rings (SSSR count). The number of benzene rings is 2. The number of thioether (sulfide) groups is 1. The molecule has 0 radical (unpaired) electrons. The Bertz CT molecular complexity index is 819. The van der Waals surface area contributed by atoms with Gasteiger partial charge in [0.1, 0.15) is 13.2 Å². The van der Waals surface area contributed by atoms with Gasteiger partial charge in [0.05, 0.1) is 5.69 Å².